The molecule has 0 aromatic carbocycles. The third kappa shape index (κ3) is 14.4. The van der Waals surface area contributed by atoms with Crippen LogP contribution in [0.15, 0.2) is 47.6 Å². The zero-order chi connectivity index (χ0) is 49.0. The second-order valence-electron chi connectivity index (χ2n) is 20.2. The van der Waals surface area contributed by atoms with E-state index in [0.717, 1.165) is 12.0 Å². The average Bonchev–Trinajstić information content (AvgIpc) is 3.29. The minimum atomic E-state index is -2.39. The predicted octanol–water partition coefficient (Wildman–Crippen LogP) is 6.13. The molecule has 14 nitrogen and oxygen atoms in total. The summed E-state index contributed by atoms with van der Waals surface area (Å²) in [5.74, 6) is -7.69. The molecular weight excluding hydrogens is 847 g/mol. The van der Waals surface area contributed by atoms with Crippen molar-refractivity contribution in [2.24, 2.45) is 41.4 Å². The number of cyclic esters (lactones) is 1. The Labute approximate surface area is 393 Å². The Hall–Kier alpha value is -3.21. The zero-order valence-corrected chi connectivity index (χ0v) is 41.4. The molecule has 14 heteroatoms. The third-order valence-electron chi connectivity index (χ3n) is 15.0. The molecule has 1 aliphatic carbocycles. The van der Waals surface area contributed by atoms with E-state index in [4.69, 9.17) is 23.7 Å². The molecule has 66 heavy (non-hydrogen) atoms. The lowest BCUT2D eigenvalue weighted by molar-refractivity contribution is -0.275. The lowest BCUT2D eigenvalue weighted by Gasteiger charge is -2.45. The number of nitrogens with one attached hydrogen (secondary N) is 1. The smallest absolute Gasteiger partial charge is 0.323 e. The minimum Gasteiger partial charge on any atom is -0.460 e. The van der Waals surface area contributed by atoms with Crippen LogP contribution >= 0.6 is 0 Å². The topological polar surface area (TPSA) is 204 Å². The predicted molar refractivity (Wildman–Crippen MR) is 250 cm³/mol. The van der Waals surface area contributed by atoms with Gasteiger partial charge in [0.05, 0.1) is 30.5 Å². The Kier molecular flexibility index (Phi) is 21.3. The Balaban J connectivity index is 1.67. The zero-order valence-electron chi connectivity index (χ0n) is 41.4. The van der Waals surface area contributed by atoms with E-state index >= 15 is 0 Å². The van der Waals surface area contributed by atoms with Crippen LogP contribution in [0.1, 0.15) is 126 Å². The Morgan fingerprint density at radius 1 is 0.833 bits per heavy atom. The van der Waals surface area contributed by atoms with Gasteiger partial charge in [-0.1, -0.05) is 78.0 Å². The molecule has 4 aliphatic rings. The first-order valence-electron chi connectivity index (χ1n) is 24.3. The van der Waals surface area contributed by atoms with Gasteiger partial charge in [-0.15, -0.1) is 0 Å². The number of methoxy groups -OCH3 is 3. The first-order chi connectivity index (χ1) is 31.1. The van der Waals surface area contributed by atoms with Crippen LogP contribution in [0.25, 0.3) is 0 Å². The van der Waals surface area contributed by atoms with Crippen LogP contribution in [0, 0.1) is 41.4 Å². The van der Waals surface area contributed by atoms with E-state index in [1.54, 1.807) is 41.1 Å². The summed E-state index contributed by atoms with van der Waals surface area (Å²) < 4.78 is 29.4. The molecule has 3 heterocycles. The van der Waals surface area contributed by atoms with Crippen LogP contribution in [0.2, 0.25) is 0 Å². The summed E-state index contributed by atoms with van der Waals surface area (Å²) in [6.45, 7) is 14.6. The van der Waals surface area contributed by atoms with Crippen molar-refractivity contribution in [3.63, 3.8) is 0 Å². The summed E-state index contributed by atoms with van der Waals surface area (Å²) in [5.41, 5.74) is 1.28. The van der Waals surface area contributed by atoms with Crippen molar-refractivity contribution in [1.29, 1.82) is 0 Å². The van der Waals surface area contributed by atoms with Gasteiger partial charge < -0.3 is 39.0 Å². The van der Waals surface area contributed by atoms with Crippen LogP contribution < -0.4 is 5.32 Å². The van der Waals surface area contributed by atoms with Gasteiger partial charge >= 0.3 is 5.97 Å². The van der Waals surface area contributed by atoms with Crippen molar-refractivity contribution in [2.75, 3.05) is 21.3 Å². The molecular formula is C52H81NO13. The van der Waals surface area contributed by atoms with Gasteiger partial charge in [0.1, 0.15) is 30.1 Å². The molecule has 17 atom stereocenters. The largest absolute Gasteiger partial charge is 0.460 e. The molecule has 0 aromatic heterocycles. The summed E-state index contributed by atoms with van der Waals surface area (Å²) in [4.78, 5) is 70.1. The Bertz CT molecular complexity index is 1790. The fourth-order valence-electron chi connectivity index (χ4n) is 10.4. The fraction of sp³-hybridized carbons (Fsp3) is 0.750. The number of fused-ring (bicyclic) bond motifs is 4. The third-order valence-corrected chi connectivity index (χ3v) is 15.0. The lowest BCUT2D eigenvalue weighted by Crippen LogP contribution is -2.62. The van der Waals surface area contributed by atoms with Crippen molar-refractivity contribution >= 4 is 29.1 Å². The van der Waals surface area contributed by atoms with E-state index in [2.05, 4.69) is 5.32 Å². The van der Waals surface area contributed by atoms with E-state index in [0.29, 0.717) is 56.9 Å². The number of allylic oxidation sites excluding steroid dienone is 6. The number of ketones is 4. The standard InChI is InChI=1S/C52H81NO13/c1-29-16-13-12-14-17-30(2)43(62-9)27-38-25-31(3)36(8)52(61,66-38)50(59)48(58)39-18-15-19-40(53-39)51(60)65-44(33(5)24-37-20-21-41(54)45(26-37)63-10)28-42(55)32(4)23-35(7)47(57)49(64-11)46(56)34(6)22-29/h12-14,16-17,23,29,31-34,36-41,43-45,47,49,53-54,57,61H,15,18-22,24-28H2,1-11H3/b14-12+,16-13+,30-17+,35-23+/t29-,31?,32-,33?,34-,36?,37?,38?,39?,40+,41-,43+,44+,45?,47-,49?,52?/m1/s1. The van der Waals surface area contributed by atoms with Crippen molar-refractivity contribution in [3.8, 4) is 0 Å². The van der Waals surface area contributed by atoms with Crippen LogP contribution in [-0.2, 0) is 47.7 Å². The number of aliphatic hydroxyl groups is 3. The maximum atomic E-state index is 14.1. The van der Waals surface area contributed by atoms with Crippen molar-refractivity contribution in [3.05, 3.63) is 47.6 Å². The normalized spacial score (nSPS) is 42.2. The highest BCUT2D eigenvalue weighted by Gasteiger charge is 2.54. The van der Waals surface area contributed by atoms with Gasteiger partial charge in [-0.05, 0) is 106 Å². The van der Waals surface area contributed by atoms with E-state index < -0.39 is 89.8 Å². The maximum Gasteiger partial charge on any atom is 0.323 e. The molecule has 9 unspecified atom stereocenters. The summed E-state index contributed by atoms with van der Waals surface area (Å²) in [6.07, 6.45) is 10.7. The van der Waals surface area contributed by atoms with Gasteiger partial charge in [-0.25, -0.2) is 0 Å². The van der Waals surface area contributed by atoms with Crippen molar-refractivity contribution < 1.29 is 63.0 Å². The number of carbonyl (C=O) groups excluding carboxylic acids is 5. The minimum absolute atomic E-state index is 0.0155. The number of esters is 1. The number of piperidine rings is 1. The number of carbonyl (C=O) groups is 5. The quantitative estimate of drug-likeness (QED) is 0.135. The van der Waals surface area contributed by atoms with Gasteiger partial charge in [0, 0.05) is 51.9 Å². The molecule has 0 aromatic rings. The van der Waals surface area contributed by atoms with Crippen LogP contribution in [-0.4, -0.2) is 126 Å². The number of Topliss-reactive ketones (excluding diaryl/α,β-unsaturated/α-hetero) is 4. The number of hydrogen-bond donors (Lipinski definition) is 4. The number of rotatable bonds is 6. The molecule has 4 bridgehead atoms. The van der Waals surface area contributed by atoms with Crippen LogP contribution in [0.4, 0.5) is 0 Å². The molecule has 0 spiro atoms. The first kappa shape index (κ1) is 55.4. The van der Waals surface area contributed by atoms with Gasteiger partial charge in [-0.2, -0.15) is 0 Å². The Morgan fingerprint density at radius 2 is 1.53 bits per heavy atom. The average molecular weight is 928 g/mol. The summed E-state index contributed by atoms with van der Waals surface area (Å²) in [5, 5.41) is 36.9. The van der Waals surface area contributed by atoms with E-state index in [1.165, 1.54) is 7.11 Å². The van der Waals surface area contributed by atoms with E-state index in [9.17, 15) is 39.3 Å². The SMILES string of the molecule is COC1CC(CC(C)[C@@H]2CC(=O)[C@H](C)/C=C(\C)[C@@H](O)C(OC)C(=O)[C@H](C)C[C@H](C)/C=C/C=C/C=C(\C)[C@@H](OC)CC3CC(C)C(C)C(O)(O3)C(=O)C(=O)C3CCC[C@H](N3)C(=O)O2)CC[C@H]1O. The van der Waals surface area contributed by atoms with Gasteiger partial charge in [0.2, 0.25) is 11.6 Å². The lowest BCUT2D eigenvalue weighted by atomic mass is 9.76. The van der Waals surface area contributed by atoms with Gasteiger partial charge in [-0.3, -0.25) is 29.3 Å². The molecule has 3 fully saturated rings. The molecule has 1 saturated carbocycles. The second kappa shape index (κ2) is 25.4. The molecule has 0 radical (unpaired) electrons. The van der Waals surface area contributed by atoms with E-state index in [1.807, 2.05) is 65.0 Å². The molecule has 3 aliphatic heterocycles. The van der Waals surface area contributed by atoms with Gasteiger partial charge in [0.25, 0.3) is 5.78 Å². The highest BCUT2D eigenvalue weighted by molar-refractivity contribution is 6.41. The monoisotopic (exact) mass is 928 g/mol. The maximum absolute atomic E-state index is 14.1. The highest BCUT2D eigenvalue weighted by Crippen LogP contribution is 2.40. The Morgan fingerprint density at radius 3 is 2.20 bits per heavy atom. The molecule has 4 rings (SSSR count). The van der Waals surface area contributed by atoms with Crippen LogP contribution in [0.5, 0.6) is 0 Å². The second-order valence-corrected chi connectivity index (χ2v) is 20.2. The van der Waals surface area contributed by atoms with Gasteiger partial charge in [0.15, 0.2) is 5.78 Å². The molecule has 372 valence electrons. The summed E-state index contributed by atoms with van der Waals surface area (Å²) >= 11 is 0. The van der Waals surface area contributed by atoms with Crippen LogP contribution in [0.3, 0.4) is 0 Å². The highest BCUT2D eigenvalue weighted by atomic mass is 16.6. The number of hydrogen-bond acceptors (Lipinski definition) is 14. The van der Waals surface area contributed by atoms with Crippen molar-refractivity contribution in [1.82, 2.24) is 5.32 Å². The van der Waals surface area contributed by atoms with E-state index in [-0.39, 0.29) is 54.2 Å². The number of aliphatic hydroxyl groups excluding tert-OH is 2. The summed E-state index contributed by atoms with van der Waals surface area (Å²) in [7, 11) is 4.53. The van der Waals surface area contributed by atoms with Crippen molar-refractivity contribution in [2.45, 2.75) is 187 Å². The fourth-order valence-corrected chi connectivity index (χ4v) is 10.4. The molecule has 4 N–H and O–H groups in total. The number of ether oxygens (including phenoxy) is 5. The summed E-state index contributed by atoms with van der Waals surface area (Å²) in [6, 6.07) is -2.05. The molecule has 0 amide bonds. The first-order valence-corrected chi connectivity index (χ1v) is 24.3. The molecule has 2 saturated heterocycles.